The first-order valence-electron chi connectivity index (χ1n) is 6.51. The van der Waals surface area contributed by atoms with Gasteiger partial charge >= 0.3 is 0 Å². The van der Waals surface area contributed by atoms with Gasteiger partial charge in [-0.1, -0.05) is 18.5 Å². The van der Waals surface area contributed by atoms with E-state index in [1.54, 1.807) is 19.2 Å². The number of methoxy groups -OCH3 is 2. The van der Waals surface area contributed by atoms with Gasteiger partial charge in [0, 0.05) is 12.0 Å². The molecule has 0 unspecified atom stereocenters. The molecule has 7 heteroatoms. The van der Waals surface area contributed by atoms with E-state index < -0.39 is 0 Å². The molecule has 0 fully saturated rings. The molecule has 0 radical (unpaired) electrons. The molecule has 0 spiro atoms. The van der Waals surface area contributed by atoms with Crippen molar-refractivity contribution < 1.29 is 9.47 Å². The van der Waals surface area contributed by atoms with Gasteiger partial charge in [-0.05, 0) is 18.6 Å². The van der Waals surface area contributed by atoms with E-state index in [0.29, 0.717) is 33.7 Å². The largest absolute Gasteiger partial charge is 0.493 e. The summed E-state index contributed by atoms with van der Waals surface area (Å²) < 4.78 is 10.5. The highest BCUT2D eigenvalue weighted by molar-refractivity contribution is 6.32. The highest BCUT2D eigenvalue weighted by atomic mass is 35.5. The van der Waals surface area contributed by atoms with E-state index >= 15 is 0 Å². The number of aromatic nitrogens is 3. The van der Waals surface area contributed by atoms with Crippen LogP contribution in [0.2, 0.25) is 5.02 Å². The molecule has 1 aromatic heterocycles. The van der Waals surface area contributed by atoms with Gasteiger partial charge in [0.05, 0.1) is 19.2 Å². The normalized spacial score (nSPS) is 10.5. The van der Waals surface area contributed by atoms with Gasteiger partial charge < -0.3 is 15.2 Å². The summed E-state index contributed by atoms with van der Waals surface area (Å²) in [7, 11) is 3.08. The maximum Gasteiger partial charge on any atom is 0.223 e. The summed E-state index contributed by atoms with van der Waals surface area (Å²) in [6, 6.07) is 3.47. The second kappa shape index (κ2) is 6.58. The number of hydrogen-bond donors (Lipinski definition) is 1. The SMILES string of the molecule is CCCc1nc(N)nc(-c2cc(Cl)c(OC)c(OC)c2)n1. The first kappa shape index (κ1) is 15.3. The van der Waals surface area contributed by atoms with Crippen LogP contribution in [0.3, 0.4) is 0 Å². The lowest BCUT2D eigenvalue weighted by Crippen LogP contribution is -2.05. The number of ether oxygens (including phenoxy) is 2. The minimum atomic E-state index is 0.189. The molecule has 112 valence electrons. The Morgan fingerprint density at radius 3 is 2.52 bits per heavy atom. The molecule has 6 nitrogen and oxygen atoms in total. The molecular weight excluding hydrogens is 292 g/mol. The number of benzene rings is 1. The lowest BCUT2D eigenvalue weighted by molar-refractivity contribution is 0.355. The third kappa shape index (κ3) is 3.33. The van der Waals surface area contributed by atoms with Crippen molar-refractivity contribution in [3.05, 3.63) is 23.0 Å². The van der Waals surface area contributed by atoms with Crippen molar-refractivity contribution in [3.8, 4) is 22.9 Å². The summed E-state index contributed by atoms with van der Waals surface area (Å²) in [5, 5.41) is 0.419. The topological polar surface area (TPSA) is 83.2 Å². The molecule has 0 aliphatic rings. The summed E-state index contributed by atoms with van der Waals surface area (Å²) in [5.74, 6) is 2.30. The molecule has 0 bridgehead atoms. The lowest BCUT2D eigenvalue weighted by atomic mass is 10.2. The standard InChI is InChI=1S/C14H17ClN4O2/c1-4-5-11-17-13(19-14(16)18-11)8-6-9(15)12(21-3)10(7-8)20-2/h6-7H,4-5H2,1-3H3,(H2,16,17,18,19). The molecule has 2 aromatic rings. The zero-order valence-corrected chi connectivity index (χ0v) is 12.9. The number of nitrogen functional groups attached to an aromatic ring is 1. The van der Waals surface area contributed by atoms with Crippen molar-refractivity contribution in [1.29, 1.82) is 0 Å². The van der Waals surface area contributed by atoms with Gasteiger partial charge in [0.25, 0.3) is 0 Å². The molecule has 2 N–H and O–H groups in total. The van der Waals surface area contributed by atoms with Gasteiger partial charge in [0.15, 0.2) is 17.3 Å². The minimum Gasteiger partial charge on any atom is -0.493 e. The predicted molar refractivity (Wildman–Crippen MR) is 81.8 cm³/mol. The van der Waals surface area contributed by atoms with Crippen molar-refractivity contribution >= 4 is 17.5 Å². The number of rotatable bonds is 5. The Hall–Kier alpha value is -2.08. The van der Waals surface area contributed by atoms with Crippen LogP contribution < -0.4 is 15.2 Å². The smallest absolute Gasteiger partial charge is 0.223 e. The number of halogens is 1. The van der Waals surface area contributed by atoms with Gasteiger partial charge in [-0.15, -0.1) is 0 Å². The molecular formula is C14H17ClN4O2. The fourth-order valence-corrected chi connectivity index (χ4v) is 2.24. The van der Waals surface area contributed by atoms with Crippen LogP contribution in [0, 0.1) is 0 Å². The first-order valence-corrected chi connectivity index (χ1v) is 6.89. The highest BCUT2D eigenvalue weighted by Crippen LogP contribution is 2.38. The summed E-state index contributed by atoms with van der Waals surface area (Å²) >= 11 is 6.20. The van der Waals surface area contributed by atoms with E-state index in [9.17, 15) is 0 Å². The molecule has 2 rings (SSSR count). The van der Waals surface area contributed by atoms with E-state index in [4.69, 9.17) is 26.8 Å². The Kier molecular flexibility index (Phi) is 4.80. The third-order valence-electron chi connectivity index (χ3n) is 2.86. The van der Waals surface area contributed by atoms with E-state index in [-0.39, 0.29) is 5.95 Å². The molecule has 1 aromatic carbocycles. The maximum atomic E-state index is 6.20. The molecule has 0 saturated heterocycles. The summed E-state index contributed by atoms with van der Waals surface area (Å²) in [6.45, 7) is 2.05. The van der Waals surface area contributed by atoms with Crippen LogP contribution in [0.4, 0.5) is 5.95 Å². The second-order valence-electron chi connectivity index (χ2n) is 4.38. The van der Waals surface area contributed by atoms with Gasteiger partial charge in [-0.25, -0.2) is 4.98 Å². The Morgan fingerprint density at radius 1 is 1.14 bits per heavy atom. The summed E-state index contributed by atoms with van der Waals surface area (Å²) in [6.07, 6.45) is 1.66. The number of hydrogen-bond acceptors (Lipinski definition) is 6. The van der Waals surface area contributed by atoms with Crippen molar-refractivity contribution in [3.63, 3.8) is 0 Å². The fourth-order valence-electron chi connectivity index (χ4n) is 1.95. The van der Waals surface area contributed by atoms with E-state index in [2.05, 4.69) is 15.0 Å². The monoisotopic (exact) mass is 308 g/mol. The number of nitrogens with two attached hydrogens (primary N) is 1. The zero-order valence-electron chi connectivity index (χ0n) is 12.2. The van der Waals surface area contributed by atoms with E-state index in [0.717, 1.165) is 12.8 Å². The van der Waals surface area contributed by atoms with Gasteiger partial charge in [-0.2, -0.15) is 9.97 Å². The second-order valence-corrected chi connectivity index (χ2v) is 4.78. The van der Waals surface area contributed by atoms with Crippen molar-refractivity contribution in [2.75, 3.05) is 20.0 Å². The number of aryl methyl sites for hydroxylation is 1. The molecule has 0 atom stereocenters. The number of nitrogens with zero attached hydrogens (tertiary/aromatic N) is 3. The van der Waals surface area contributed by atoms with Gasteiger partial charge in [0.2, 0.25) is 5.95 Å². The summed E-state index contributed by atoms with van der Waals surface area (Å²) in [5.41, 5.74) is 6.44. The van der Waals surface area contributed by atoms with Crippen LogP contribution >= 0.6 is 11.6 Å². The Bertz CT molecular complexity index is 649. The summed E-state index contributed by atoms with van der Waals surface area (Å²) in [4.78, 5) is 12.7. The Labute approximate surface area is 128 Å². The van der Waals surface area contributed by atoms with Crippen molar-refractivity contribution in [1.82, 2.24) is 15.0 Å². The van der Waals surface area contributed by atoms with Crippen molar-refractivity contribution in [2.24, 2.45) is 0 Å². The van der Waals surface area contributed by atoms with Gasteiger partial charge in [-0.3, -0.25) is 0 Å². The lowest BCUT2D eigenvalue weighted by Gasteiger charge is -2.11. The minimum absolute atomic E-state index is 0.189. The molecule has 21 heavy (non-hydrogen) atoms. The highest BCUT2D eigenvalue weighted by Gasteiger charge is 2.14. The average molecular weight is 309 g/mol. The molecule has 0 amide bonds. The van der Waals surface area contributed by atoms with Crippen LogP contribution in [0.5, 0.6) is 11.5 Å². The van der Waals surface area contributed by atoms with E-state index in [1.807, 2.05) is 6.92 Å². The molecule has 1 heterocycles. The van der Waals surface area contributed by atoms with Gasteiger partial charge in [0.1, 0.15) is 5.82 Å². The van der Waals surface area contributed by atoms with Crippen LogP contribution in [-0.2, 0) is 6.42 Å². The molecule has 0 aliphatic heterocycles. The van der Waals surface area contributed by atoms with Crippen LogP contribution in [0.25, 0.3) is 11.4 Å². The van der Waals surface area contributed by atoms with Crippen LogP contribution in [0.15, 0.2) is 12.1 Å². The van der Waals surface area contributed by atoms with Crippen molar-refractivity contribution in [2.45, 2.75) is 19.8 Å². The van der Waals surface area contributed by atoms with E-state index in [1.165, 1.54) is 7.11 Å². The van der Waals surface area contributed by atoms with Crippen LogP contribution in [-0.4, -0.2) is 29.2 Å². The predicted octanol–water partition coefficient (Wildman–Crippen LogP) is 2.74. The molecule has 0 saturated carbocycles. The third-order valence-corrected chi connectivity index (χ3v) is 3.15. The maximum absolute atomic E-state index is 6.20. The first-order chi connectivity index (χ1) is 10.1. The fraction of sp³-hybridized carbons (Fsp3) is 0.357. The average Bonchev–Trinajstić information content (AvgIpc) is 2.46. The van der Waals surface area contributed by atoms with Crippen LogP contribution in [0.1, 0.15) is 19.2 Å². The molecule has 0 aliphatic carbocycles. The Balaban J connectivity index is 2.53. The number of anilines is 1. The zero-order chi connectivity index (χ0) is 15.4. The quantitative estimate of drug-likeness (QED) is 0.914. The Morgan fingerprint density at radius 2 is 1.90 bits per heavy atom.